The standard InChI is InChI=1S/C18H26FN3O2.H2/c1-2-3-4-15(13-20-14-23)18(24)22-11-9-21(10-12-22)17-7-5-16(19)6-8-17;/h5-8,14-15H,2-4,9-13H2,1H3,(H,20,23);1H/t15-;/m1./s1. The van der Waals surface area contributed by atoms with Crippen molar-refractivity contribution in [3.05, 3.63) is 30.1 Å². The minimum absolute atomic E-state index is 0. The molecular formula is C18H28FN3O2. The predicted octanol–water partition coefficient (Wildman–Crippen LogP) is 2.27. The number of anilines is 1. The molecule has 0 spiro atoms. The van der Waals surface area contributed by atoms with Crippen molar-refractivity contribution in [2.24, 2.45) is 5.92 Å². The lowest BCUT2D eigenvalue weighted by atomic mass is 10.00. The monoisotopic (exact) mass is 337 g/mol. The van der Waals surface area contributed by atoms with Crippen LogP contribution in [0.3, 0.4) is 0 Å². The zero-order chi connectivity index (χ0) is 17.4. The van der Waals surface area contributed by atoms with E-state index < -0.39 is 0 Å². The highest BCUT2D eigenvalue weighted by atomic mass is 19.1. The molecule has 6 heteroatoms. The molecule has 0 radical (unpaired) electrons. The second kappa shape index (κ2) is 9.25. The highest BCUT2D eigenvalue weighted by Gasteiger charge is 2.27. The van der Waals surface area contributed by atoms with Gasteiger partial charge in [-0.05, 0) is 30.7 Å². The first kappa shape index (κ1) is 18.2. The van der Waals surface area contributed by atoms with E-state index in [1.54, 1.807) is 12.1 Å². The van der Waals surface area contributed by atoms with Crippen molar-refractivity contribution in [1.82, 2.24) is 10.2 Å². The number of nitrogens with one attached hydrogen (secondary N) is 1. The Hall–Kier alpha value is -2.11. The molecular weight excluding hydrogens is 309 g/mol. The Kier molecular flexibility index (Phi) is 7.03. The van der Waals surface area contributed by atoms with Crippen LogP contribution in [0.25, 0.3) is 0 Å². The van der Waals surface area contributed by atoms with Gasteiger partial charge < -0.3 is 15.1 Å². The lowest BCUT2D eigenvalue weighted by molar-refractivity contribution is -0.136. The van der Waals surface area contributed by atoms with Crippen molar-refractivity contribution in [3.63, 3.8) is 0 Å². The predicted molar refractivity (Wildman–Crippen MR) is 94.4 cm³/mol. The number of hydrogen-bond donors (Lipinski definition) is 1. The smallest absolute Gasteiger partial charge is 0.227 e. The van der Waals surface area contributed by atoms with Crippen LogP contribution in [-0.2, 0) is 9.59 Å². The molecule has 1 aromatic carbocycles. The SMILES string of the molecule is CCCC[C@H](CNC=O)C(=O)N1CCN(c2ccc(F)cc2)CC1.[HH]. The molecule has 1 aromatic rings. The second-order valence-corrected chi connectivity index (χ2v) is 6.15. The maximum absolute atomic E-state index is 13.0. The molecule has 0 aromatic heterocycles. The number of benzene rings is 1. The number of rotatable bonds is 8. The van der Waals surface area contributed by atoms with Gasteiger partial charge in [-0.1, -0.05) is 19.8 Å². The number of unbranched alkanes of at least 4 members (excludes halogenated alkanes) is 1. The third-order valence-electron chi connectivity index (χ3n) is 4.49. The first-order valence-corrected chi connectivity index (χ1v) is 8.62. The van der Waals surface area contributed by atoms with Gasteiger partial charge in [0.15, 0.2) is 0 Å². The largest absolute Gasteiger partial charge is 0.368 e. The molecule has 1 atom stereocenters. The van der Waals surface area contributed by atoms with Crippen LogP contribution >= 0.6 is 0 Å². The highest BCUT2D eigenvalue weighted by Crippen LogP contribution is 2.19. The van der Waals surface area contributed by atoms with E-state index in [0.717, 1.165) is 38.0 Å². The van der Waals surface area contributed by atoms with E-state index >= 15 is 0 Å². The number of amides is 2. The van der Waals surface area contributed by atoms with Gasteiger partial charge in [-0.2, -0.15) is 0 Å². The van der Waals surface area contributed by atoms with Gasteiger partial charge in [0.1, 0.15) is 5.82 Å². The maximum atomic E-state index is 13.0. The van der Waals surface area contributed by atoms with Crippen molar-refractivity contribution in [2.45, 2.75) is 26.2 Å². The lowest BCUT2D eigenvalue weighted by Crippen LogP contribution is -2.51. The summed E-state index contributed by atoms with van der Waals surface area (Å²) in [7, 11) is 0. The molecule has 1 fully saturated rings. The van der Waals surface area contributed by atoms with Crippen molar-refractivity contribution in [1.29, 1.82) is 0 Å². The maximum Gasteiger partial charge on any atom is 0.227 e. The average molecular weight is 337 g/mol. The summed E-state index contributed by atoms with van der Waals surface area (Å²) in [6.45, 7) is 5.27. The quantitative estimate of drug-likeness (QED) is 0.741. The molecule has 1 aliphatic rings. The molecule has 1 saturated heterocycles. The summed E-state index contributed by atoms with van der Waals surface area (Å²) in [6.07, 6.45) is 3.46. The van der Waals surface area contributed by atoms with Crippen LogP contribution in [0.1, 0.15) is 27.6 Å². The molecule has 1 aliphatic heterocycles. The number of carbonyl (C=O) groups is 2. The Morgan fingerprint density at radius 3 is 2.54 bits per heavy atom. The van der Waals surface area contributed by atoms with E-state index in [9.17, 15) is 14.0 Å². The summed E-state index contributed by atoms with van der Waals surface area (Å²) in [5.41, 5.74) is 0.980. The molecule has 134 valence electrons. The molecule has 2 amide bonds. The lowest BCUT2D eigenvalue weighted by Gasteiger charge is -2.37. The van der Waals surface area contributed by atoms with E-state index in [1.165, 1.54) is 12.1 Å². The van der Waals surface area contributed by atoms with Gasteiger partial charge in [0.2, 0.25) is 12.3 Å². The Morgan fingerprint density at radius 2 is 1.96 bits per heavy atom. The summed E-state index contributed by atoms with van der Waals surface area (Å²) >= 11 is 0. The van der Waals surface area contributed by atoms with Crippen molar-refractivity contribution >= 4 is 18.0 Å². The van der Waals surface area contributed by atoms with Crippen molar-refractivity contribution in [3.8, 4) is 0 Å². The third kappa shape index (κ3) is 4.94. The molecule has 1 heterocycles. The van der Waals surface area contributed by atoms with Crippen LogP contribution in [0.2, 0.25) is 0 Å². The summed E-state index contributed by atoms with van der Waals surface area (Å²) in [5.74, 6) is -0.266. The number of hydrogen-bond acceptors (Lipinski definition) is 3. The molecule has 2 rings (SSSR count). The fraction of sp³-hybridized carbons (Fsp3) is 0.556. The van der Waals surface area contributed by atoms with Crippen molar-refractivity contribution < 1.29 is 15.4 Å². The Bertz CT molecular complexity index is 534. The van der Waals surface area contributed by atoms with Crippen LogP contribution < -0.4 is 10.2 Å². The fourth-order valence-corrected chi connectivity index (χ4v) is 3.05. The molecule has 1 N–H and O–H groups in total. The van der Waals surface area contributed by atoms with E-state index in [-0.39, 0.29) is 19.1 Å². The van der Waals surface area contributed by atoms with E-state index in [1.807, 2.05) is 4.90 Å². The zero-order valence-electron chi connectivity index (χ0n) is 14.2. The van der Waals surface area contributed by atoms with Crippen LogP contribution in [0, 0.1) is 11.7 Å². The molecule has 24 heavy (non-hydrogen) atoms. The van der Waals surface area contributed by atoms with E-state index in [4.69, 9.17) is 0 Å². The summed E-state index contributed by atoms with van der Waals surface area (Å²) in [5, 5.41) is 2.64. The van der Waals surface area contributed by atoms with Crippen LogP contribution in [-0.4, -0.2) is 49.9 Å². The first-order chi connectivity index (χ1) is 11.7. The first-order valence-electron chi connectivity index (χ1n) is 8.62. The van der Waals surface area contributed by atoms with Crippen LogP contribution in [0.4, 0.5) is 10.1 Å². The summed E-state index contributed by atoms with van der Waals surface area (Å²) in [4.78, 5) is 27.3. The van der Waals surface area contributed by atoms with Crippen LogP contribution in [0.15, 0.2) is 24.3 Å². The van der Waals surface area contributed by atoms with Gasteiger partial charge in [-0.15, -0.1) is 0 Å². The molecule has 0 aliphatic carbocycles. The van der Waals surface area contributed by atoms with Gasteiger partial charge in [0.05, 0.1) is 5.92 Å². The normalized spacial score (nSPS) is 15.9. The summed E-state index contributed by atoms with van der Waals surface area (Å²) in [6, 6.07) is 6.45. The molecule has 0 saturated carbocycles. The third-order valence-corrected chi connectivity index (χ3v) is 4.49. The van der Waals surface area contributed by atoms with E-state index in [0.29, 0.717) is 26.0 Å². The Balaban J connectivity index is 0.00000312. The molecule has 0 unspecified atom stereocenters. The van der Waals surface area contributed by atoms with Gasteiger partial charge >= 0.3 is 0 Å². The number of nitrogens with zero attached hydrogens (tertiary/aromatic N) is 2. The fourth-order valence-electron chi connectivity index (χ4n) is 3.05. The Labute approximate surface area is 144 Å². The minimum atomic E-state index is -0.242. The van der Waals surface area contributed by atoms with Crippen LogP contribution in [0.5, 0.6) is 0 Å². The minimum Gasteiger partial charge on any atom is -0.368 e. The van der Waals surface area contributed by atoms with Gasteiger partial charge in [0.25, 0.3) is 0 Å². The average Bonchev–Trinajstić information content (AvgIpc) is 2.62. The highest BCUT2D eigenvalue weighted by molar-refractivity contribution is 5.79. The van der Waals surface area contributed by atoms with Crippen molar-refractivity contribution in [2.75, 3.05) is 37.6 Å². The molecule has 5 nitrogen and oxygen atoms in total. The number of piperazine rings is 1. The number of carbonyl (C=O) groups excluding carboxylic acids is 2. The zero-order valence-corrected chi connectivity index (χ0v) is 14.2. The number of halogens is 1. The Morgan fingerprint density at radius 1 is 1.29 bits per heavy atom. The topological polar surface area (TPSA) is 52.7 Å². The molecule has 0 bridgehead atoms. The second-order valence-electron chi connectivity index (χ2n) is 6.15. The summed E-state index contributed by atoms with van der Waals surface area (Å²) < 4.78 is 13.0. The van der Waals surface area contributed by atoms with Gasteiger partial charge in [-0.3, -0.25) is 9.59 Å². The van der Waals surface area contributed by atoms with Gasteiger partial charge in [-0.25, -0.2) is 4.39 Å². The van der Waals surface area contributed by atoms with E-state index in [2.05, 4.69) is 17.1 Å². The van der Waals surface area contributed by atoms with Gasteiger partial charge in [0, 0.05) is 39.8 Å².